The van der Waals surface area contributed by atoms with E-state index in [0.717, 1.165) is 18.9 Å². The van der Waals surface area contributed by atoms with Crippen molar-refractivity contribution < 1.29 is 13.9 Å². The fourth-order valence-electron chi connectivity index (χ4n) is 1.85. The monoisotopic (exact) mass is 227 g/mol. The molecule has 0 amide bonds. The summed E-state index contributed by atoms with van der Waals surface area (Å²) >= 11 is 0. The molecule has 1 aliphatic carbocycles. The standard InChI is InChI=1S/C12H15F2NO/c13-11-3-1-2-9(12(11)14)8-15(6-7-16)10-4-5-10/h1-3,10,16H,4-8H2. The van der Waals surface area contributed by atoms with Gasteiger partial charge in [-0.15, -0.1) is 0 Å². The van der Waals surface area contributed by atoms with Crippen molar-refractivity contribution in [3.05, 3.63) is 35.4 Å². The van der Waals surface area contributed by atoms with Crippen LogP contribution in [0, 0.1) is 11.6 Å². The Bertz CT molecular complexity index is 366. The highest BCUT2D eigenvalue weighted by atomic mass is 19.2. The van der Waals surface area contributed by atoms with Crippen molar-refractivity contribution in [3.63, 3.8) is 0 Å². The van der Waals surface area contributed by atoms with Crippen molar-refractivity contribution in [1.29, 1.82) is 0 Å². The van der Waals surface area contributed by atoms with Crippen molar-refractivity contribution in [2.24, 2.45) is 0 Å². The molecule has 0 aliphatic heterocycles. The number of benzene rings is 1. The Balaban J connectivity index is 2.08. The summed E-state index contributed by atoms with van der Waals surface area (Å²) < 4.78 is 26.4. The number of nitrogens with zero attached hydrogens (tertiary/aromatic N) is 1. The molecule has 0 radical (unpaired) electrons. The van der Waals surface area contributed by atoms with Gasteiger partial charge in [0.05, 0.1) is 6.61 Å². The molecule has 2 nitrogen and oxygen atoms in total. The SMILES string of the molecule is OCCN(Cc1cccc(F)c1F)C1CC1. The normalized spacial score (nSPS) is 15.8. The third-order valence-electron chi connectivity index (χ3n) is 2.86. The molecule has 0 heterocycles. The highest BCUT2D eigenvalue weighted by Gasteiger charge is 2.29. The summed E-state index contributed by atoms with van der Waals surface area (Å²) in [5, 5.41) is 8.91. The first-order valence-electron chi connectivity index (χ1n) is 5.50. The molecule has 0 bridgehead atoms. The second-order valence-corrected chi connectivity index (χ2v) is 4.14. The molecule has 88 valence electrons. The van der Waals surface area contributed by atoms with E-state index in [2.05, 4.69) is 0 Å². The van der Waals surface area contributed by atoms with Gasteiger partial charge in [-0.2, -0.15) is 0 Å². The maximum absolute atomic E-state index is 13.4. The molecule has 1 aromatic rings. The summed E-state index contributed by atoms with van der Waals surface area (Å²) in [7, 11) is 0. The Hall–Kier alpha value is -1.00. The van der Waals surface area contributed by atoms with Gasteiger partial charge in [0.15, 0.2) is 11.6 Å². The molecule has 2 rings (SSSR count). The van der Waals surface area contributed by atoms with Crippen molar-refractivity contribution in [2.75, 3.05) is 13.2 Å². The van der Waals surface area contributed by atoms with Crippen LogP contribution in [0.25, 0.3) is 0 Å². The number of aliphatic hydroxyl groups is 1. The molecule has 16 heavy (non-hydrogen) atoms. The first-order valence-corrected chi connectivity index (χ1v) is 5.50. The fraction of sp³-hybridized carbons (Fsp3) is 0.500. The van der Waals surface area contributed by atoms with E-state index in [4.69, 9.17) is 5.11 Å². The van der Waals surface area contributed by atoms with Gasteiger partial charge in [-0.25, -0.2) is 8.78 Å². The van der Waals surface area contributed by atoms with E-state index in [1.807, 2.05) is 4.90 Å². The van der Waals surface area contributed by atoms with Crippen LogP contribution in [0.15, 0.2) is 18.2 Å². The molecule has 0 saturated heterocycles. The summed E-state index contributed by atoms with van der Waals surface area (Å²) in [4.78, 5) is 2.00. The Morgan fingerprint density at radius 3 is 2.69 bits per heavy atom. The van der Waals surface area contributed by atoms with E-state index < -0.39 is 11.6 Å². The minimum atomic E-state index is -0.808. The lowest BCUT2D eigenvalue weighted by Crippen LogP contribution is -2.29. The summed E-state index contributed by atoms with van der Waals surface area (Å²) in [6.07, 6.45) is 2.16. The van der Waals surface area contributed by atoms with Gasteiger partial charge in [0.2, 0.25) is 0 Å². The Morgan fingerprint density at radius 2 is 2.06 bits per heavy atom. The first kappa shape index (κ1) is 11.5. The zero-order valence-electron chi connectivity index (χ0n) is 9.00. The molecule has 1 fully saturated rings. The van der Waals surface area contributed by atoms with Crippen LogP contribution < -0.4 is 0 Å². The van der Waals surface area contributed by atoms with Gasteiger partial charge in [-0.05, 0) is 18.9 Å². The van der Waals surface area contributed by atoms with Crippen molar-refractivity contribution in [3.8, 4) is 0 Å². The zero-order valence-corrected chi connectivity index (χ0v) is 9.00. The number of rotatable bonds is 5. The predicted molar refractivity (Wildman–Crippen MR) is 56.9 cm³/mol. The molecule has 1 saturated carbocycles. The van der Waals surface area contributed by atoms with Crippen LogP contribution in [-0.4, -0.2) is 29.2 Å². The van der Waals surface area contributed by atoms with Crippen LogP contribution in [-0.2, 0) is 6.54 Å². The second kappa shape index (κ2) is 4.89. The Labute approximate surface area is 93.5 Å². The summed E-state index contributed by atoms with van der Waals surface area (Å²) in [6.45, 7) is 0.933. The van der Waals surface area contributed by atoms with E-state index in [0.29, 0.717) is 24.7 Å². The number of halogens is 2. The average molecular weight is 227 g/mol. The van der Waals surface area contributed by atoms with E-state index in [1.54, 1.807) is 6.07 Å². The van der Waals surface area contributed by atoms with Gasteiger partial charge in [-0.3, -0.25) is 4.90 Å². The van der Waals surface area contributed by atoms with Crippen LogP contribution in [0.1, 0.15) is 18.4 Å². The van der Waals surface area contributed by atoms with Crippen LogP contribution in [0.5, 0.6) is 0 Å². The summed E-state index contributed by atoms with van der Waals surface area (Å²) in [5.74, 6) is -1.58. The third kappa shape index (κ3) is 2.57. The molecule has 0 atom stereocenters. The van der Waals surface area contributed by atoms with Crippen molar-refractivity contribution in [2.45, 2.75) is 25.4 Å². The first-order chi connectivity index (χ1) is 7.72. The van der Waals surface area contributed by atoms with E-state index in [-0.39, 0.29) is 6.61 Å². The van der Waals surface area contributed by atoms with Crippen LogP contribution in [0.2, 0.25) is 0 Å². The van der Waals surface area contributed by atoms with E-state index in [1.165, 1.54) is 6.07 Å². The van der Waals surface area contributed by atoms with Gasteiger partial charge >= 0.3 is 0 Å². The van der Waals surface area contributed by atoms with Gasteiger partial charge in [-0.1, -0.05) is 12.1 Å². The van der Waals surface area contributed by atoms with Crippen LogP contribution in [0.3, 0.4) is 0 Å². The Morgan fingerprint density at radius 1 is 1.31 bits per heavy atom. The number of hydrogen-bond acceptors (Lipinski definition) is 2. The van der Waals surface area contributed by atoms with Crippen molar-refractivity contribution >= 4 is 0 Å². The lowest BCUT2D eigenvalue weighted by molar-refractivity contribution is 0.181. The molecule has 0 unspecified atom stereocenters. The van der Waals surface area contributed by atoms with Gasteiger partial charge in [0, 0.05) is 24.7 Å². The predicted octanol–water partition coefficient (Wildman–Crippen LogP) is 1.92. The molecule has 0 aromatic heterocycles. The van der Waals surface area contributed by atoms with Gasteiger partial charge in [0.1, 0.15) is 0 Å². The molecular formula is C12H15F2NO. The van der Waals surface area contributed by atoms with E-state index in [9.17, 15) is 8.78 Å². The molecular weight excluding hydrogens is 212 g/mol. The molecule has 1 aromatic carbocycles. The van der Waals surface area contributed by atoms with Gasteiger partial charge in [0.25, 0.3) is 0 Å². The van der Waals surface area contributed by atoms with Crippen LogP contribution >= 0.6 is 0 Å². The maximum atomic E-state index is 13.4. The van der Waals surface area contributed by atoms with Crippen molar-refractivity contribution in [1.82, 2.24) is 4.90 Å². The zero-order chi connectivity index (χ0) is 11.5. The largest absolute Gasteiger partial charge is 0.395 e. The second-order valence-electron chi connectivity index (χ2n) is 4.14. The van der Waals surface area contributed by atoms with Gasteiger partial charge < -0.3 is 5.11 Å². The lowest BCUT2D eigenvalue weighted by Gasteiger charge is -2.21. The number of hydrogen-bond donors (Lipinski definition) is 1. The smallest absolute Gasteiger partial charge is 0.163 e. The molecule has 4 heteroatoms. The van der Waals surface area contributed by atoms with Crippen LogP contribution in [0.4, 0.5) is 8.78 Å². The summed E-state index contributed by atoms with van der Waals surface area (Å²) in [5.41, 5.74) is 0.361. The topological polar surface area (TPSA) is 23.5 Å². The third-order valence-corrected chi connectivity index (χ3v) is 2.86. The highest BCUT2D eigenvalue weighted by Crippen LogP contribution is 2.28. The molecule has 1 N–H and O–H groups in total. The molecule has 0 spiro atoms. The minimum absolute atomic E-state index is 0.0490. The van der Waals surface area contributed by atoms with E-state index >= 15 is 0 Å². The maximum Gasteiger partial charge on any atom is 0.163 e. The fourth-order valence-corrected chi connectivity index (χ4v) is 1.85. The average Bonchev–Trinajstić information content (AvgIpc) is 3.07. The number of aliphatic hydroxyl groups excluding tert-OH is 1. The summed E-state index contributed by atoms with van der Waals surface area (Å²) in [6, 6.07) is 4.64. The molecule has 1 aliphatic rings. The highest BCUT2D eigenvalue weighted by molar-refractivity contribution is 5.19. The Kier molecular flexibility index (Phi) is 3.51. The minimum Gasteiger partial charge on any atom is -0.395 e. The quantitative estimate of drug-likeness (QED) is 0.830. The lowest BCUT2D eigenvalue weighted by atomic mass is 10.2.